The summed E-state index contributed by atoms with van der Waals surface area (Å²) in [7, 11) is 0. The van der Waals surface area contributed by atoms with Crippen LogP contribution in [-0.2, 0) is 28.7 Å². The molecular weight excluding hydrogens is 582 g/mol. The number of rotatable bonds is 3. The van der Waals surface area contributed by atoms with Gasteiger partial charge in [0.1, 0.15) is 29.8 Å². The number of benzene rings is 1. The van der Waals surface area contributed by atoms with Crippen LogP contribution >= 0.6 is 15.9 Å². The Balaban J connectivity index is 1.64. The molecule has 214 valence electrons. The van der Waals surface area contributed by atoms with Gasteiger partial charge in [0.15, 0.2) is 0 Å². The molecule has 2 saturated heterocycles. The number of nitrogens with one attached hydrogen (secondary N) is 1. The lowest BCUT2D eigenvalue weighted by Gasteiger charge is -2.36. The summed E-state index contributed by atoms with van der Waals surface area (Å²) >= 11 is 3.52. The summed E-state index contributed by atoms with van der Waals surface area (Å²) in [4.78, 5) is 57.5. The number of esters is 1. The molecule has 4 aliphatic rings. The number of amides is 3. The van der Waals surface area contributed by atoms with E-state index < -0.39 is 47.6 Å². The van der Waals surface area contributed by atoms with Crippen molar-refractivity contribution in [3.8, 4) is 0 Å². The molecule has 5 rings (SSSR count). The zero-order chi connectivity index (χ0) is 28.8. The lowest BCUT2D eigenvalue weighted by Crippen LogP contribution is -2.56. The second-order valence-electron chi connectivity index (χ2n) is 10.8. The highest BCUT2D eigenvalue weighted by Crippen LogP contribution is 2.59. The summed E-state index contributed by atoms with van der Waals surface area (Å²) in [5.41, 5.74) is 1.05. The molecule has 0 saturated carbocycles. The number of carbonyl (C=O) groups is 4. The highest BCUT2D eigenvalue weighted by Gasteiger charge is 2.75. The Morgan fingerprint density at radius 2 is 1.85 bits per heavy atom. The number of carbonyl (C=O) groups excluding carboxylic acids is 4. The van der Waals surface area contributed by atoms with Crippen LogP contribution in [0.25, 0.3) is 0 Å². The largest absolute Gasteiger partial charge is 0.460 e. The molecule has 0 aliphatic carbocycles. The van der Waals surface area contributed by atoms with Gasteiger partial charge < -0.3 is 29.7 Å². The molecule has 1 spiro atoms. The number of aliphatic hydroxyl groups excluding tert-OH is 1. The first-order valence-electron chi connectivity index (χ1n) is 13.6. The number of cyclic esters (lactones) is 1. The number of fused-ring (bicyclic) bond motifs is 2. The third-order valence-electron chi connectivity index (χ3n) is 8.15. The van der Waals surface area contributed by atoms with E-state index in [0.717, 1.165) is 11.1 Å². The summed E-state index contributed by atoms with van der Waals surface area (Å²) < 4.78 is 12.7. The molecule has 2 fully saturated rings. The first-order valence-corrected chi connectivity index (χ1v) is 14.4. The second kappa shape index (κ2) is 11.1. The number of aliphatic hydroxyl groups is 1. The molecule has 4 heterocycles. The SMILES string of the molecule is Cc1cccc(C)c1N1C/C=C\CCC(=O)NC[C@H](C)OC(=O)[C@H]2[C@@H]3O[C@@]4(C=C3Br)[C@@H]2C(=O)N(CCO)[C@@H]4C1=O. The van der Waals surface area contributed by atoms with Crippen LogP contribution < -0.4 is 10.2 Å². The molecule has 11 heteroatoms. The van der Waals surface area contributed by atoms with Gasteiger partial charge in [0, 0.05) is 29.7 Å². The maximum absolute atomic E-state index is 14.7. The number of hydrogen-bond acceptors (Lipinski definition) is 7. The minimum Gasteiger partial charge on any atom is -0.460 e. The van der Waals surface area contributed by atoms with Gasteiger partial charge in [0.2, 0.25) is 11.8 Å². The van der Waals surface area contributed by atoms with Crippen LogP contribution in [0.2, 0.25) is 0 Å². The number of allylic oxidation sites excluding steroid dienone is 1. The van der Waals surface area contributed by atoms with Gasteiger partial charge in [-0.25, -0.2) is 0 Å². The molecule has 4 aliphatic heterocycles. The van der Waals surface area contributed by atoms with Crippen molar-refractivity contribution in [2.24, 2.45) is 11.8 Å². The third-order valence-corrected chi connectivity index (χ3v) is 8.83. The van der Waals surface area contributed by atoms with E-state index in [1.54, 1.807) is 17.9 Å². The first-order chi connectivity index (χ1) is 19.1. The number of nitrogens with zero attached hydrogens (tertiary/aromatic N) is 2. The van der Waals surface area contributed by atoms with Crippen molar-refractivity contribution in [3.05, 3.63) is 52.0 Å². The molecular formula is C29H34BrN3O7. The number of aryl methyl sites for hydroxylation is 2. The van der Waals surface area contributed by atoms with Crippen LogP contribution in [0.4, 0.5) is 5.69 Å². The van der Waals surface area contributed by atoms with E-state index >= 15 is 0 Å². The summed E-state index contributed by atoms with van der Waals surface area (Å²) in [6.45, 7) is 5.38. The van der Waals surface area contributed by atoms with Crippen molar-refractivity contribution in [1.29, 1.82) is 0 Å². The number of likely N-dealkylation sites (tertiary alicyclic amines) is 1. The molecule has 0 unspecified atom stereocenters. The van der Waals surface area contributed by atoms with Gasteiger partial charge in [0.05, 0.1) is 19.1 Å². The van der Waals surface area contributed by atoms with Crippen molar-refractivity contribution in [3.63, 3.8) is 0 Å². The summed E-state index contributed by atoms with van der Waals surface area (Å²) in [6.07, 6.45) is 4.71. The molecule has 1 aromatic rings. The number of anilines is 1. The topological polar surface area (TPSA) is 125 Å². The average molecular weight is 617 g/mol. The van der Waals surface area contributed by atoms with E-state index in [-0.39, 0.29) is 44.5 Å². The standard InChI is InChI=1S/C29H34BrN3O7/c1-16-8-7-9-17(2)23(16)32-11-6-4-5-10-20(35)31-15-18(3)39-28(38)21-22-26(36)33(12-13-34)25(27(32)37)29(22)14-19(30)24(21)40-29/h4,6-9,14,18,21-22,24-25,34H,5,10-13,15H2,1-3H3,(H,31,35)/b6-4-/t18-,21+,22-,24+,25+,29-/m0/s1. The van der Waals surface area contributed by atoms with Crippen LogP contribution in [0.1, 0.15) is 30.9 Å². The zero-order valence-corrected chi connectivity index (χ0v) is 24.3. The monoisotopic (exact) mass is 615 g/mol. The fourth-order valence-electron chi connectivity index (χ4n) is 6.46. The highest BCUT2D eigenvalue weighted by atomic mass is 79.9. The Morgan fingerprint density at radius 3 is 2.55 bits per heavy atom. The fraction of sp³-hybridized carbons (Fsp3) is 0.517. The molecule has 1 aromatic carbocycles. The Morgan fingerprint density at radius 1 is 1.12 bits per heavy atom. The quantitative estimate of drug-likeness (QED) is 0.393. The number of β-amino-alcohol motifs (C(OH)–C–C–N with tert-alkyl or cyclic N) is 1. The van der Waals surface area contributed by atoms with E-state index in [9.17, 15) is 24.3 Å². The van der Waals surface area contributed by atoms with Gasteiger partial charge in [0.25, 0.3) is 5.91 Å². The van der Waals surface area contributed by atoms with Crippen molar-refractivity contribution < 1.29 is 33.8 Å². The average Bonchev–Trinajstić information content (AvgIpc) is 3.49. The van der Waals surface area contributed by atoms with Crippen molar-refractivity contribution in [2.45, 2.75) is 57.5 Å². The van der Waals surface area contributed by atoms with E-state index in [0.29, 0.717) is 16.6 Å². The molecule has 2 N–H and O–H groups in total. The highest BCUT2D eigenvalue weighted by molar-refractivity contribution is 9.11. The van der Waals surface area contributed by atoms with Crippen LogP contribution in [0.3, 0.4) is 0 Å². The van der Waals surface area contributed by atoms with Crippen LogP contribution in [0, 0.1) is 25.7 Å². The van der Waals surface area contributed by atoms with E-state index in [1.807, 2.05) is 44.2 Å². The maximum Gasteiger partial charge on any atom is 0.313 e. The van der Waals surface area contributed by atoms with Gasteiger partial charge in [-0.1, -0.05) is 46.3 Å². The van der Waals surface area contributed by atoms with Crippen LogP contribution in [-0.4, -0.2) is 83.8 Å². The normalized spacial score (nSPS) is 33.5. The van der Waals surface area contributed by atoms with Crippen LogP contribution in [0.15, 0.2) is 40.9 Å². The van der Waals surface area contributed by atoms with Crippen molar-refractivity contribution in [2.75, 3.05) is 31.1 Å². The Hall–Kier alpha value is -3.02. The predicted octanol–water partition coefficient (Wildman–Crippen LogP) is 1.90. The summed E-state index contributed by atoms with van der Waals surface area (Å²) in [6, 6.07) is 4.63. The first kappa shape index (κ1) is 28.5. The number of ether oxygens (including phenoxy) is 2. The molecule has 0 radical (unpaired) electrons. The Labute approximate surface area is 241 Å². The number of hydrogen-bond donors (Lipinski definition) is 2. The lowest BCUT2D eigenvalue weighted by atomic mass is 9.74. The molecule has 6 atom stereocenters. The molecule has 5 bridgehead atoms. The van der Waals surface area contributed by atoms with Gasteiger partial charge in [-0.05, 0) is 44.4 Å². The van der Waals surface area contributed by atoms with Gasteiger partial charge >= 0.3 is 5.97 Å². The zero-order valence-electron chi connectivity index (χ0n) is 22.8. The fourth-order valence-corrected chi connectivity index (χ4v) is 7.20. The Kier molecular flexibility index (Phi) is 7.91. The van der Waals surface area contributed by atoms with Gasteiger partial charge in [-0.15, -0.1) is 0 Å². The smallest absolute Gasteiger partial charge is 0.313 e. The lowest BCUT2D eigenvalue weighted by molar-refractivity contribution is -0.158. The van der Waals surface area contributed by atoms with Gasteiger partial charge in [-0.3, -0.25) is 19.2 Å². The number of halogens is 1. The molecule has 10 nitrogen and oxygen atoms in total. The molecule has 40 heavy (non-hydrogen) atoms. The number of para-hydroxylation sites is 1. The third kappa shape index (κ3) is 4.67. The van der Waals surface area contributed by atoms with Gasteiger partial charge in [-0.2, -0.15) is 0 Å². The maximum atomic E-state index is 14.7. The van der Waals surface area contributed by atoms with Crippen LogP contribution in [0.5, 0.6) is 0 Å². The van der Waals surface area contributed by atoms with E-state index in [2.05, 4.69) is 21.2 Å². The predicted molar refractivity (Wildman–Crippen MR) is 149 cm³/mol. The summed E-state index contributed by atoms with van der Waals surface area (Å²) in [5, 5.41) is 12.7. The second-order valence-corrected chi connectivity index (χ2v) is 11.7. The van der Waals surface area contributed by atoms with E-state index in [4.69, 9.17) is 9.47 Å². The molecule has 3 amide bonds. The van der Waals surface area contributed by atoms with Crippen molar-refractivity contribution >= 4 is 45.3 Å². The van der Waals surface area contributed by atoms with E-state index in [1.165, 1.54) is 4.90 Å². The molecule has 0 aromatic heterocycles. The summed E-state index contributed by atoms with van der Waals surface area (Å²) in [5.74, 6) is -3.62. The minimum absolute atomic E-state index is 0.0897. The van der Waals surface area contributed by atoms with Crippen molar-refractivity contribution in [1.82, 2.24) is 10.2 Å². The minimum atomic E-state index is -1.42. The Bertz CT molecular complexity index is 1280.